The van der Waals surface area contributed by atoms with Gasteiger partial charge in [0.15, 0.2) is 0 Å². The van der Waals surface area contributed by atoms with Crippen LogP contribution in [0, 0.1) is 0 Å². The number of carboxylic acid groups (broad SMARTS) is 1. The number of rotatable bonds is 1. The van der Waals surface area contributed by atoms with E-state index < -0.39 is 5.97 Å². The molecule has 0 spiro atoms. The first kappa shape index (κ1) is 9.48. The Labute approximate surface area is 78.9 Å². The second-order valence-electron chi connectivity index (χ2n) is 1.48. The van der Waals surface area contributed by atoms with Crippen LogP contribution in [0.1, 0.15) is 10.4 Å². The molecular weight excluding hydrogens is 145 g/mol. The average Bonchev–Trinajstić information content (AvgIpc) is 2.13. The molecule has 3 N–H and O–H groups in total. The maximum absolute atomic E-state index is 10.0. The summed E-state index contributed by atoms with van der Waals surface area (Å²) in [6.07, 6.45) is 1.10. The smallest absolute Gasteiger partial charge is 0.545 e. The van der Waals surface area contributed by atoms with Gasteiger partial charge in [-0.25, -0.2) is 0 Å². The second-order valence-corrected chi connectivity index (χ2v) is 1.48. The number of nitrogens with two attached hydrogens (primary N) is 1. The van der Waals surface area contributed by atoms with Crippen LogP contribution < -0.4 is 40.4 Å². The molecule has 0 aromatic carbocycles. The third-order valence-electron chi connectivity index (χ3n) is 0.889. The normalized spacial score (nSPS) is 8.40. The van der Waals surface area contributed by atoms with Gasteiger partial charge >= 0.3 is 29.6 Å². The number of H-pyrrole nitrogens is 1. The van der Waals surface area contributed by atoms with E-state index in [1.807, 2.05) is 0 Å². The summed E-state index contributed by atoms with van der Waals surface area (Å²) in [5.41, 5.74) is 5.00. The van der Waals surface area contributed by atoms with Crippen LogP contribution in [-0.2, 0) is 0 Å². The Bertz CT molecular complexity index is 234. The number of carboxylic acids is 1. The van der Waals surface area contributed by atoms with Crippen molar-refractivity contribution in [3.05, 3.63) is 11.8 Å². The molecule has 0 unspecified atom stereocenters. The molecule has 1 rings (SSSR count). The number of nitrogens with one attached hydrogen (secondary N) is 1. The van der Waals surface area contributed by atoms with Gasteiger partial charge in [0.2, 0.25) is 0 Å². The van der Waals surface area contributed by atoms with Gasteiger partial charge in [-0.1, -0.05) is 0 Å². The summed E-state index contributed by atoms with van der Waals surface area (Å²) in [7, 11) is 0. The maximum Gasteiger partial charge on any atom is 1.00 e. The van der Waals surface area contributed by atoms with Gasteiger partial charge in [-0.3, -0.25) is 5.10 Å². The first-order valence-corrected chi connectivity index (χ1v) is 2.22. The first-order chi connectivity index (χ1) is 4.22. The topological polar surface area (TPSA) is 94.8 Å². The predicted molar refractivity (Wildman–Crippen MR) is 27.3 cm³/mol. The average molecular weight is 149 g/mol. The number of anilines is 1. The van der Waals surface area contributed by atoms with Crippen molar-refractivity contribution in [2.75, 3.05) is 5.73 Å². The van der Waals surface area contributed by atoms with Crippen molar-refractivity contribution in [1.82, 2.24) is 10.2 Å². The summed E-state index contributed by atoms with van der Waals surface area (Å²) >= 11 is 0. The van der Waals surface area contributed by atoms with Crippen molar-refractivity contribution >= 4 is 11.8 Å². The van der Waals surface area contributed by atoms with Gasteiger partial charge in [0.1, 0.15) is 5.82 Å². The van der Waals surface area contributed by atoms with Crippen LogP contribution in [0.25, 0.3) is 0 Å². The number of nitrogens with zero attached hydrogens (tertiary/aromatic N) is 1. The minimum Gasteiger partial charge on any atom is -0.545 e. The molecule has 6 heteroatoms. The Kier molecular flexibility index (Phi) is 3.41. The molecule has 5 nitrogen and oxygen atoms in total. The van der Waals surface area contributed by atoms with Crippen molar-refractivity contribution in [2.24, 2.45) is 0 Å². The van der Waals surface area contributed by atoms with Gasteiger partial charge in [-0.15, -0.1) is 0 Å². The summed E-state index contributed by atoms with van der Waals surface area (Å²) < 4.78 is 0. The summed E-state index contributed by atoms with van der Waals surface area (Å²) in [6.45, 7) is 0. The van der Waals surface area contributed by atoms with Crippen LogP contribution in [0.4, 0.5) is 5.82 Å². The molecule has 0 atom stereocenters. The van der Waals surface area contributed by atoms with E-state index in [2.05, 4.69) is 10.2 Å². The van der Waals surface area contributed by atoms with Gasteiger partial charge in [-0.2, -0.15) is 5.10 Å². The molecule has 0 saturated carbocycles. The molecule has 0 aliphatic carbocycles. The predicted octanol–water partition coefficient (Wildman–Crippen LogP) is -4.64. The van der Waals surface area contributed by atoms with Crippen LogP contribution in [0.3, 0.4) is 0 Å². The molecule has 0 bridgehead atoms. The van der Waals surface area contributed by atoms with Gasteiger partial charge in [-0.05, 0) is 0 Å². The van der Waals surface area contributed by atoms with Gasteiger partial charge < -0.3 is 15.6 Å². The molecule has 48 valence electrons. The molecule has 10 heavy (non-hydrogen) atoms. The van der Waals surface area contributed by atoms with Crippen molar-refractivity contribution < 1.29 is 39.5 Å². The van der Waals surface area contributed by atoms with Gasteiger partial charge in [0.05, 0.1) is 17.7 Å². The van der Waals surface area contributed by atoms with Crippen LogP contribution in [0.15, 0.2) is 6.20 Å². The Morgan fingerprint density at radius 1 is 1.80 bits per heavy atom. The quantitative estimate of drug-likeness (QED) is 0.392. The van der Waals surface area contributed by atoms with Crippen molar-refractivity contribution in [3.8, 4) is 0 Å². The number of carbonyl (C=O) groups is 1. The molecule has 0 amide bonds. The Hall–Kier alpha value is -0.520. The SMILES string of the molecule is Nc1[nH]ncc1C(=O)[O-].[Na+]. The first-order valence-electron chi connectivity index (χ1n) is 2.22. The third kappa shape index (κ3) is 1.73. The fraction of sp³-hybridized carbons (Fsp3) is 0. The number of aromatic nitrogens is 2. The number of aromatic carboxylic acids is 1. The van der Waals surface area contributed by atoms with Crippen molar-refractivity contribution in [3.63, 3.8) is 0 Å². The van der Waals surface area contributed by atoms with E-state index in [0.717, 1.165) is 6.20 Å². The molecule has 1 aromatic heterocycles. The minimum atomic E-state index is -1.32. The fourth-order valence-corrected chi connectivity index (χ4v) is 0.459. The molecule has 0 radical (unpaired) electrons. The summed E-state index contributed by atoms with van der Waals surface area (Å²) in [5.74, 6) is -1.30. The zero-order chi connectivity index (χ0) is 6.85. The molecule has 0 aliphatic rings. The van der Waals surface area contributed by atoms with E-state index >= 15 is 0 Å². The number of carbonyl (C=O) groups excluding carboxylic acids is 1. The Morgan fingerprint density at radius 2 is 2.40 bits per heavy atom. The van der Waals surface area contributed by atoms with E-state index in [1.54, 1.807) is 0 Å². The van der Waals surface area contributed by atoms with Crippen LogP contribution >= 0.6 is 0 Å². The molecule has 0 saturated heterocycles. The third-order valence-corrected chi connectivity index (χ3v) is 0.889. The molecule has 1 aromatic rings. The van der Waals surface area contributed by atoms with E-state index in [9.17, 15) is 9.90 Å². The molecule has 0 fully saturated rings. The Balaban J connectivity index is 0.000000810. The second kappa shape index (κ2) is 3.60. The largest absolute Gasteiger partial charge is 1.00 e. The van der Waals surface area contributed by atoms with E-state index in [1.165, 1.54) is 0 Å². The van der Waals surface area contributed by atoms with E-state index in [-0.39, 0.29) is 40.9 Å². The monoisotopic (exact) mass is 149 g/mol. The summed E-state index contributed by atoms with van der Waals surface area (Å²) in [4.78, 5) is 10.0. The van der Waals surface area contributed by atoms with Crippen molar-refractivity contribution in [2.45, 2.75) is 0 Å². The van der Waals surface area contributed by atoms with Gasteiger partial charge in [0, 0.05) is 0 Å². The van der Waals surface area contributed by atoms with Crippen molar-refractivity contribution in [1.29, 1.82) is 0 Å². The summed E-state index contributed by atoms with van der Waals surface area (Å²) in [6, 6.07) is 0. The number of aromatic amines is 1. The summed E-state index contributed by atoms with van der Waals surface area (Å²) in [5, 5.41) is 15.7. The zero-order valence-electron chi connectivity index (χ0n) is 5.42. The minimum absolute atomic E-state index is 0. The van der Waals surface area contributed by atoms with Crippen LogP contribution in [-0.4, -0.2) is 16.2 Å². The molecular formula is C4H4N3NaO2. The van der Waals surface area contributed by atoms with Gasteiger partial charge in [0.25, 0.3) is 0 Å². The maximum atomic E-state index is 10.0. The number of hydrogen-bond donors (Lipinski definition) is 2. The molecule has 1 heterocycles. The van der Waals surface area contributed by atoms with E-state index in [4.69, 9.17) is 5.73 Å². The standard InChI is InChI=1S/C4H5N3O2.Na/c5-3-2(4(8)9)1-6-7-3;/h1H,(H,8,9)(H3,5,6,7);/q;+1/p-1. The Morgan fingerprint density at radius 3 is 2.60 bits per heavy atom. The van der Waals surface area contributed by atoms with E-state index in [0.29, 0.717) is 0 Å². The number of nitrogen functional groups attached to an aromatic ring is 1. The zero-order valence-corrected chi connectivity index (χ0v) is 7.42. The van der Waals surface area contributed by atoms with Crippen LogP contribution in [0.5, 0.6) is 0 Å². The van der Waals surface area contributed by atoms with Crippen LogP contribution in [0.2, 0.25) is 0 Å². The number of hydrogen-bond acceptors (Lipinski definition) is 4. The molecule has 0 aliphatic heterocycles. The fourth-order valence-electron chi connectivity index (χ4n) is 0.459.